The number of carbonyl (C=O) groups excluding carboxylic acids is 1. The third kappa shape index (κ3) is 4.72. The van der Waals surface area contributed by atoms with Crippen molar-refractivity contribution in [2.45, 2.75) is 32.1 Å². The molecule has 0 aliphatic heterocycles. The minimum absolute atomic E-state index is 0.0629. The van der Waals surface area contributed by atoms with Gasteiger partial charge in [0.15, 0.2) is 0 Å². The minimum Gasteiger partial charge on any atom is -0.355 e. The number of aromatic nitrogens is 1. The maximum atomic E-state index is 11.0. The molecule has 0 amide bonds. The molecule has 0 saturated carbocycles. The zero-order valence-corrected chi connectivity index (χ0v) is 17.7. The monoisotopic (exact) mass is 419 g/mol. The van der Waals surface area contributed by atoms with Crippen LogP contribution in [-0.4, -0.2) is 17.8 Å². The number of benzene rings is 2. The molecule has 0 spiro atoms. The highest BCUT2D eigenvalue weighted by molar-refractivity contribution is 6.30. The predicted octanol–water partition coefficient (Wildman–Crippen LogP) is 5.34. The average molecular weight is 420 g/mol. The van der Waals surface area contributed by atoms with Crippen LogP contribution >= 0.6 is 11.6 Å². The summed E-state index contributed by atoms with van der Waals surface area (Å²) in [5, 5.41) is 4.31. The van der Waals surface area contributed by atoms with Crippen molar-refractivity contribution < 1.29 is 4.79 Å². The van der Waals surface area contributed by atoms with Crippen LogP contribution in [0.15, 0.2) is 54.6 Å². The van der Waals surface area contributed by atoms with Gasteiger partial charge in [0.05, 0.1) is 5.69 Å². The number of aldehydes is 1. The van der Waals surface area contributed by atoms with Crippen LogP contribution in [0.4, 0.5) is 11.4 Å². The van der Waals surface area contributed by atoms with Crippen LogP contribution in [0.3, 0.4) is 0 Å². The van der Waals surface area contributed by atoms with Crippen LogP contribution in [-0.2, 0) is 24.1 Å². The minimum atomic E-state index is -0.0629. The van der Waals surface area contributed by atoms with Crippen molar-refractivity contribution in [1.29, 1.82) is 0 Å². The molecule has 1 unspecified atom stereocenters. The summed E-state index contributed by atoms with van der Waals surface area (Å²) >= 11 is 6.19. The molecule has 5 heteroatoms. The zero-order valence-electron chi connectivity index (χ0n) is 16.9. The first-order chi connectivity index (χ1) is 14.7. The second-order valence-electron chi connectivity index (χ2n) is 7.84. The Morgan fingerprint density at radius 3 is 2.70 bits per heavy atom. The lowest BCUT2D eigenvalue weighted by molar-refractivity contribution is -0.111. The third-order valence-corrected chi connectivity index (χ3v) is 5.94. The van der Waals surface area contributed by atoms with E-state index in [0.717, 1.165) is 61.0 Å². The van der Waals surface area contributed by atoms with Gasteiger partial charge in [0.2, 0.25) is 0 Å². The lowest BCUT2D eigenvalue weighted by Crippen LogP contribution is -2.16. The molecular weight excluding hydrogens is 394 g/mol. The topological polar surface area (TPSA) is 68.0 Å². The van der Waals surface area contributed by atoms with E-state index in [1.807, 2.05) is 24.3 Å². The molecule has 0 bridgehead atoms. The van der Waals surface area contributed by atoms with E-state index in [4.69, 9.17) is 22.3 Å². The van der Waals surface area contributed by atoms with E-state index in [9.17, 15) is 4.79 Å². The normalized spacial score (nSPS) is 13.7. The fourth-order valence-corrected chi connectivity index (χ4v) is 4.14. The number of nitrogens with zero attached hydrogens (tertiary/aromatic N) is 1. The molecule has 0 saturated heterocycles. The molecule has 2 aromatic carbocycles. The number of nitrogens with two attached hydrogens (primary N) is 1. The SMILES string of the molecule is NCC(C=O)CCc1ccc(Nc2cc(-c3cccc(Cl)c3)nc3c2CCC3)cc1. The maximum absolute atomic E-state index is 11.0. The summed E-state index contributed by atoms with van der Waals surface area (Å²) in [6, 6.07) is 18.4. The number of aryl methyl sites for hydroxylation is 2. The van der Waals surface area contributed by atoms with E-state index in [2.05, 4.69) is 35.6 Å². The Balaban J connectivity index is 1.55. The first-order valence-electron chi connectivity index (χ1n) is 10.5. The van der Waals surface area contributed by atoms with Gasteiger partial charge in [-0.1, -0.05) is 35.9 Å². The molecule has 4 nitrogen and oxygen atoms in total. The number of pyridine rings is 1. The molecule has 1 atom stereocenters. The molecule has 4 rings (SSSR count). The Hall–Kier alpha value is -2.69. The quantitative estimate of drug-likeness (QED) is 0.483. The van der Waals surface area contributed by atoms with E-state index >= 15 is 0 Å². The lowest BCUT2D eigenvalue weighted by atomic mass is 10.0. The van der Waals surface area contributed by atoms with Gasteiger partial charge >= 0.3 is 0 Å². The van der Waals surface area contributed by atoms with Gasteiger partial charge in [0.1, 0.15) is 6.29 Å². The molecule has 1 aliphatic rings. The molecule has 0 radical (unpaired) electrons. The number of hydrogen-bond acceptors (Lipinski definition) is 4. The summed E-state index contributed by atoms with van der Waals surface area (Å²) in [4.78, 5) is 15.9. The van der Waals surface area contributed by atoms with Gasteiger partial charge in [0.25, 0.3) is 0 Å². The molecule has 1 heterocycles. The second-order valence-corrected chi connectivity index (χ2v) is 8.27. The van der Waals surface area contributed by atoms with Gasteiger partial charge in [-0.2, -0.15) is 0 Å². The third-order valence-electron chi connectivity index (χ3n) is 5.70. The smallest absolute Gasteiger partial charge is 0.124 e. The Labute approximate surface area is 182 Å². The zero-order chi connectivity index (χ0) is 20.9. The number of anilines is 2. The number of halogens is 1. The number of fused-ring (bicyclic) bond motifs is 1. The highest BCUT2D eigenvalue weighted by Crippen LogP contribution is 2.34. The van der Waals surface area contributed by atoms with Crippen molar-refractivity contribution in [3.63, 3.8) is 0 Å². The Morgan fingerprint density at radius 2 is 1.97 bits per heavy atom. The summed E-state index contributed by atoms with van der Waals surface area (Å²) < 4.78 is 0. The number of carbonyl (C=O) groups is 1. The number of nitrogens with one attached hydrogen (secondary N) is 1. The first kappa shape index (κ1) is 20.6. The molecule has 154 valence electrons. The molecule has 3 aromatic rings. The maximum Gasteiger partial charge on any atom is 0.124 e. The lowest BCUT2D eigenvalue weighted by Gasteiger charge is -2.14. The van der Waals surface area contributed by atoms with Crippen LogP contribution in [0, 0.1) is 5.92 Å². The first-order valence-corrected chi connectivity index (χ1v) is 10.8. The van der Waals surface area contributed by atoms with Crippen LogP contribution < -0.4 is 11.1 Å². The Bertz CT molecular complexity index is 1030. The van der Waals surface area contributed by atoms with Crippen LogP contribution in [0.25, 0.3) is 11.3 Å². The average Bonchev–Trinajstić information content (AvgIpc) is 3.25. The molecular formula is C25H26ClN3O. The number of hydrogen-bond donors (Lipinski definition) is 2. The summed E-state index contributed by atoms with van der Waals surface area (Å²) in [7, 11) is 0. The van der Waals surface area contributed by atoms with E-state index in [1.54, 1.807) is 0 Å². The summed E-state index contributed by atoms with van der Waals surface area (Å²) in [6.45, 7) is 0.408. The van der Waals surface area contributed by atoms with Crippen molar-refractivity contribution >= 4 is 29.3 Å². The summed E-state index contributed by atoms with van der Waals surface area (Å²) in [5.41, 5.74) is 13.4. The molecule has 0 fully saturated rings. The van der Waals surface area contributed by atoms with Crippen molar-refractivity contribution in [2.24, 2.45) is 11.7 Å². The standard InChI is InChI=1S/C25H26ClN3O/c26-20-4-1-3-19(13-20)24-14-25(22-5-2-6-23(22)29-24)28-21-11-9-17(10-12-21)7-8-18(15-27)16-30/h1,3-4,9-14,16,18H,2,5-8,15,27H2,(H,28,29). The van der Waals surface area contributed by atoms with Gasteiger partial charge in [-0.3, -0.25) is 4.98 Å². The van der Waals surface area contributed by atoms with Gasteiger partial charge < -0.3 is 15.8 Å². The van der Waals surface area contributed by atoms with Crippen molar-refractivity contribution in [1.82, 2.24) is 4.98 Å². The van der Waals surface area contributed by atoms with Gasteiger partial charge in [-0.25, -0.2) is 0 Å². The summed E-state index contributed by atoms with van der Waals surface area (Å²) in [6.07, 6.45) is 5.78. The van der Waals surface area contributed by atoms with E-state index < -0.39 is 0 Å². The molecule has 30 heavy (non-hydrogen) atoms. The van der Waals surface area contributed by atoms with Crippen molar-refractivity contribution in [2.75, 3.05) is 11.9 Å². The van der Waals surface area contributed by atoms with Gasteiger partial charge in [-0.15, -0.1) is 0 Å². The Kier molecular flexibility index (Phi) is 6.46. The fraction of sp³-hybridized carbons (Fsp3) is 0.280. The summed E-state index contributed by atoms with van der Waals surface area (Å²) in [5.74, 6) is -0.0629. The molecule has 3 N–H and O–H groups in total. The van der Waals surface area contributed by atoms with Gasteiger partial charge in [-0.05, 0) is 73.6 Å². The fourth-order valence-electron chi connectivity index (χ4n) is 3.95. The van der Waals surface area contributed by atoms with Crippen LogP contribution in [0.5, 0.6) is 0 Å². The van der Waals surface area contributed by atoms with Crippen LogP contribution in [0.2, 0.25) is 5.02 Å². The highest BCUT2D eigenvalue weighted by Gasteiger charge is 2.19. The number of rotatable bonds is 8. The highest BCUT2D eigenvalue weighted by atomic mass is 35.5. The van der Waals surface area contributed by atoms with Gasteiger partial charge in [0, 0.05) is 40.1 Å². The van der Waals surface area contributed by atoms with Crippen molar-refractivity contribution in [3.05, 3.63) is 76.4 Å². The largest absolute Gasteiger partial charge is 0.355 e. The van der Waals surface area contributed by atoms with E-state index in [0.29, 0.717) is 11.6 Å². The Morgan fingerprint density at radius 1 is 1.13 bits per heavy atom. The van der Waals surface area contributed by atoms with Crippen LogP contribution in [0.1, 0.15) is 29.7 Å². The van der Waals surface area contributed by atoms with E-state index in [-0.39, 0.29) is 5.92 Å². The second kappa shape index (κ2) is 9.41. The molecule has 1 aromatic heterocycles. The van der Waals surface area contributed by atoms with E-state index in [1.165, 1.54) is 16.8 Å². The van der Waals surface area contributed by atoms with Crippen molar-refractivity contribution in [3.8, 4) is 11.3 Å². The molecule has 1 aliphatic carbocycles. The predicted molar refractivity (Wildman–Crippen MR) is 123 cm³/mol.